The molecule has 0 spiro atoms. The molecule has 5 heteroatoms. The van der Waals surface area contributed by atoms with Crippen LogP contribution in [0.15, 0.2) is 0 Å². The van der Waals surface area contributed by atoms with Gasteiger partial charge in [-0.3, -0.25) is 4.79 Å². The highest BCUT2D eigenvalue weighted by Gasteiger charge is 2.22. The van der Waals surface area contributed by atoms with Crippen LogP contribution in [0.4, 0.5) is 0 Å². The molecule has 3 nitrogen and oxygen atoms in total. The van der Waals surface area contributed by atoms with E-state index in [4.69, 9.17) is 0 Å². The highest BCUT2D eigenvalue weighted by atomic mass is 32.2. The molecule has 0 aromatic carbocycles. The molecule has 16 heavy (non-hydrogen) atoms. The molecule has 1 saturated heterocycles. The predicted molar refractivity (Wildman–Crippen MR) is 69.4 cm³/mol. The van der Waals surface area contributed by atoms with Crippen LogP contribution in [-0.4, -0.2) is 34.9 Å². The molecule has 1 aromatic rings. The summed E-state index contributed by atoms with van der Waals surface area (Å²) in [6, 6.07) is 0.0308. The Hall–Kier alpha value is -0.390. The summed E-state index contributed by atoms with van der Waals surface area (Å²) in [4.78, 5) is 17.6. The number of hydrogen-bond acceptors (Lipinski definition) is 5. The van der Waals surface area contributed by atoms with Gasteiger partial charge in [-0.1, -0.05) is 0 Å². The summed E-state index contributed by atoms with van der Waals surface area (Å²) >= 11 is 3.49. The second-order valence-corrected chi connectivity index (χ2v) is 6.41. The van der Waals surface area contributed by atoms with Crippen LogP contribution in [0.3, 0.4) is 0 Å². The highest BCUT2D eigenvalue weighted by molar-refractivity contribution is 7.99. The number of Topliss-reactive ketones (excluding diaryl/α,β-unsaturated/α-hetero) is 1. The monoisotopic (exact) mass is 256 g/mol. The molecule has 1 unspecified atom stereocenters. The van der Waals surface area contributed by atoms with Gasteiger partial charge < -0.3 is 5.32 Å². The van der Waals surface area contributed by atoms with Gasteiger partial charge in [0, 0.05) is 22.9 Å². The van der Waals surface area contributed by atoms with Gasteiger partial charge in [0.2, 0.25) is 0 Å². The average Bonchev–Trinajstić information content (AvgIpc) is 2.59. The molecule has 1 aromatic heterocycles. The third-order valence-electron chi connectivity index (χ3n) is 2.71. The van der Waals surface area contributed by atoms with Crippen LogP contribution in [-0.2, 0) is 11.2 Å². The van der Waals surface area contributed by atoms with E-state index in [2.05, 4.69) is 17.2 Å². The first-order valence-corrected chi connectivity index (χ1v) is 7.40. The van der Waals surface area contributed by atoms with Crippen LogP contribution in [0.1, 0.15) is 15.6 Å². The Kier molecular flexibility index (Phi) is 4.00. The van der Waals surface area contributed by atoms with Gasteiger partial charge in [0.1, 0.15) is 5.01 Å². The number of rotatable bonds is 3. The van der Waals surface area contributed by atoms with Crippen molar-refractivity contribution in [1.82, 2.24) is 10.3 Å². The Morgan fingerprint density at radius 3 is 2.94 bits per heavy atom. The molecule has 2 rings (SSSR count). The average molecular weight is 256 g/mol. The van der Waals surface area contributed by atoms with Gasteiger partial charge in [0.15, 0.2) is 5.78 Å². The summed E-state index contributed by atoms with van der Waals surface area (Å²) in [5.41, 5.74) is 1.05. The normalized spacial score (nSPS) is 21.0. The van der Waals surface area contributed by atoms with E-state index in [1.165, 1.54) is 4.88 Å². The number of hydrogen-bond donors (Lipinski definition) is 1. The number of aryl methyl sites for hydroxylation is 2. The minimum absolute atomic E-state index is 0.0308. The fourth-order valence-corrected chi connectivity index (χ4v) is 3.57. The smallest absolute Gasteiger partial charge is 0.157 e. The summed E-state index contributed by atoms with van der Waals surface area (Å²) in [6.45, 7) is 4.99. The molecule has 88 valence electrons. The Labute approximate surface area is 104 Å². The maximum atomic E-state index is 12.0. The Morgan fingerprint density at radius 2 is 2.38 bits per heavy atom. The predicted octanol–water partition coefficient (Wildman–Crippen LogP) is 1.58. The molecule has 1 N–H and O–H groups in total. The fourth-order valence-electron chi connectivity index (χ4n) is 1.66. The number of carbonyl (C=O) groups is 1. The van der Waals surface area contributed by atoms with E-state index in [-0.39, 0.29) is 11.8 Å². The first-order chi connectivity index (χ1) is 7.66. The molecule has 0 radical (unpaired) electrons. The van der Waals surface area contributed by atoms with E-state index < -0.39 is 0 Å². The SMILES string of the molecule is Cc1nc(CC(=O)C2CSCCN2)sc1C. The topological polar surface area (TPSA) is 42.0 Å². The van der Waals surface area contributed by atoms with E-state index in [0.29, 0.717) is 6.42 Å². The van der Waals surface area contributed by atoms with Crippen molar-refractivity contribution in [3.05, 3.63) is 15.6 Å². The zero-order valence-electron chi connectivity index (χ0n) is 9.58. The van der Waals surface area contributed by atoms with Crippen LogP contribution in [0, 0.1) is 13.8 Å². The molecule has 1 fully saturated rings. The first-order valence-electron chi connectivity index (χ1n) is 5.43. The van der Waals surface area contributed by atoms with Crippen molar-refractivity contribution < 1.29 is 4.79 Å². The van der Waals surface area contributed by atoms with Gasteiger partial charge in [-0.2, -0.15) is 11.8 Å². The maximum Gasteiger partial charge on any atom is 0.157 e. The van der Waals surface area contributed by atoms with Gasteiger partial charge in [-0.05, 0) is 13.8 Å². The summed E-state index contributed by atoms with van der Waals surface area (Å²) in [5.74, 6) is 2.29. The molecular weight excluding hydrogens is 240 g/mol. The zero-order valence-corrected chi connectivity index (χ0v) is 11.2. The number of thioether (sulfide) groups is 1. The largest absolute Gasteiger partial charge is 0.306 e. The van der Waals surface area contributed by atoms with Crippen molar-refractivity contribution >= 4 is 28.9 Å². The standard InChI is InChI=1S/C11H16N2OS2/c1-7-8(2)16-11(13-7)5-10(14)9-6-15-4-3-12-9/h9,12H,3-6H2,1-2H3. The zero-order chi connectivity index (χ0) is 11.5. The lowest BCUT2D eigenvalue weighted by Crippen LogP contribution is -2.44. The van der Waals surface area contributed by atoms with Crippen molar-refractivity contribution in [2.45, 2.75) is 26.3 Å². The molecule has 1 aliphatic rings. The Balaban J connectivity index is 1.95. The lowest BCUT2D eigenvalue weighted by atomic mass is 10.1. The second-order valence-electron chi connectivity index (χ2n) is 3.97. The molecule has 1 atom stereocenters. The lowest BCUT2D eigenvalue weighted by Gasteiger charge is -2.21. The van der Waals surface area contributed by atoms with Crippen LogP contribution < -0.4 is 5.32 Å². The Bertz CT molecular complexity index is 364. The van der Waals surface area contributed by atoms with Crippen LogP contribution in [0.5, 0.6) is 0 Å². The van der Waals surface area contributed by atoms with Crippen LogP contribution in [0.25, 0.3) is 0 Å². The molecular formula is C11H16N2OS2. The second kappa shape index (κ2) is 5.29. The van der Waals surface area contributed by atoms with Crippen molar-refractivity contribution in [3.8, 4) is 0 Å². The van der Waals surface area contributed by atoms with Crippen LogP contribution in [0.2, 0.25) is 0 Å². The van der Waals surface area contributed by atoms with Crippen molar-refractivity contribution in [1.29, 1.82) is 0 Å². The number of nitrogens with zero attached hydrogens (tertiary/aromatic N) is 1. The third kappa shape index (κ3) is 2.84. The van der Waals surface area contributed by atoms with E-state index in [0.717, 1.165) is 28.8 Å². The highest BCUT2D eigenvalue weighted by Crippen LogP contribution is 2.18. The van der Waals surface area contributed by atoms with Gasteiger partial charge in [0.25, 0.3) is 0 Å². The molecule has 0 saturated carbocycles. The number of thiazole rings is 1. The third-order valence-corrected chi connectivity index (χ3v) is 4.84. The van der Waals surface area contributed by atoms with Crippen molar-refractivity contribution in [2.75, 3.05) is 18.1 Å². The molecule has 0 aliphatic carbocycles. The van der Waals surface area contributed by atoms with Gasteiger partial charge >= 0.3 is 0 Å². The lowest BCUT2D eigenvalue weighted by molar-refractivity contribution is -0.119. The maximum absolute atomic E-state index is 12.0. The van der Waals surface area contributed by atoms with Crippen molar-refractivity contribution in [3.63, 3.8) is 0 Å². The summed E-state index contributed by atoms with van der Waals surface area (Å²) in [6.07, 6.45) is 0.484. The van der Waals surface area contributed by atoms with E-state index in [1.54, 1.807) is 11.3 Å². The quantitative estimate of drug-likeness (QED) is 0.891. The molecule has 0 bridgehead atoms. The summed E-state index contributed by atoms with van der Waals surface area (Å²) in [7, 11) is 0. The molecule has 2 heterocycles. The van der Waals surface area contributed by atoms with E-state index in [1.807, 2.05) is 18.7 Å². The number of carbonyl (C=O) groups excluding carboxylic acids is 1. The fraction of sp³-hybridized carbons (Fsp3) is 0.636. The van der Waals surface area contributed by atoms with Crippen molar-refractivity contribution in [2.24, 2.45) is 0 Å². The van der Waals surface area contributed by atoms with Crippen LogP contribution >= 0.6 is 23.1 Å². The van der Waals surface area contributed by atoms with Gasteiger partial charge in [0.05, 0.1) is 18.2 Å². The Morgan fingerprint density at radius 1 is 1.56 bits per heavy atom. The number of ketones is 1. The van der Waals surface area contributed by atoms with E-state index in [9.17, 15) is 4.79 Å². The number of nitrogens with one attached hydrogen (secondary N) is 1. The van der Waals surface area contributed by atoms with E-state index >= 15 is 0 Å². The first kappa shape index (κ1) is 12.1. The van der Waals surface area contributed by atoms with Gasteiger partial charge in [-0.15, -0.1) is 11.3 Å². The minimum Gasteiger partial charge on any atom is -0.306 e. The summed E-state index contributed by atoms with van der Waals surface area (Å²) in [5, 5.41) is 4.22. The minimum atomic E-state index is 0.0308. The van der Waals surface area contributed by atoms with Gasteiger partial charge in [-0.25, -0.2) is 4.98 Å². The number of aromatic nitrogens is 1. The molecule has 1 aliphatic heterocycles. The summed E-state index contributed by atoms with van der Waals surface area (Å²) < 4.78 is 0. The molecule has 0 amide bonds.